The number of aliphatic carboxylic acids is 1. The van der Waals surface area contributed by atoms with Gasteiger partial charge in [0.05, 0.1) is 5.56 Å². The molecule has 0 spiro atoms. The average molecular weight is 444 g/mol. The molecule has 0 radical (unpaired) electrons. The Kier molecular flexibility index (Phi) is 7.53. The summed E-state index contributed by atoms with van der Waals surface area (Å²) in [5.74, 6) is -2.44. The minimum absolute atomic E-state index is 0.0114. The second-order valence-electron chi connectivity index (χ2n) is 7.77. The van der Waals surface area contributed by atoms with E-state index in [2.05, 4.69) is 10.6 Å². The minimum atomic E-state index is -4.54. The molecule has 11 heteroatoms. The molecule has 8 nitrogen and oxygen atoms in total. The topological polar surface area (TPSA) is 125 Å². The van der Waals surface area contributed by atoms with E-state index in [1.807, 2.05) is 0 Å². The Labute approximate surface area is 178 Å². The van der Waals surface area contributed by atoms with Crippen molar-refractivity contribution in [1.29, 1.82) is 0 Å². The van der Waals surface area contributed by atoms with E-state index < -0.39 is 47.3 Å². The van der Waals surface area contributed by atoms with Crippen LogP contribution in [0.3, 0.4) is 0 Å². The van der Waals surface area contributed by atoms with Crippen LogP contribution in [0.5, 0.6) is 0 Å². The molecule has 0 bridgehead atoms. The van der Waals surface area contributed by atoms with E-state index in [-0.39, 0.29) is 18.7 Å². The highest BCUT2D eigenvalue weighted by Crippen LogP contribution is 2.31. The third-order valence-corrected chi connectivity index (χ3v) is 5.24. The molecule has 0 aliphatic carbocycles. The third-order valence-electron chi connectivity index (χ3n) is 5.24. The molecule has 1 aliphatic rings. The largest absolute Gasteiger partial charge is 0.480 e. The number of halogens is 3. The lowest BCUT2D eigenvalue weighted by Gasteiger charge is -2.31. The molecule has 2 rings (SSSR count). The molecule has 1 saturated heterocycles. The Morgan fingerprint density at radius 1 is 1.32 bits per heavy atom. The number of carbonyl (C=O) groups is 3. The summed E-state index contributed by atoms with van der Waals surface area (Å²) in [6.07, 6.45) is -4.33. The molecule has 3 atom stereocenters. The van der Waals surface area contributed by atoms with Crippen molar-refractivity contribution >= 4 is 23.5 Å². The number of nitrogens with one attached hydrogen (secondary N) is 2. The summed E-state index contributed by atoms with van der Waals surface area (Å²) >= 11 is 0. The number of anilines is 1. The normalized spacial score (nSPS) is 19.4. The Hall–Kier alpha value is -2.82. The van der Waals surface area contributed by atoms with Gasteiger partial charge in [-0.15, -0.1) is 0 Å². The molecule has 0 unspecified atom stereocenters. The molecular formula is C20H27F3N4O4. The first-order valence-electron chi connectivity index (χ1n) is 9.94. The maximum atomic E-state index is 12.9. The summed E-state index contributed by atoms with van der Waals surface area (Å²) in [6.45, 7) is 3.42. The van der Waals surface area contributed by atoms with E-state index in [1.54, 1.807) is 6.92 Å². The highest BCUT2D eigenvalue weighted by molar-refractivity contribution is 5.94. The van der Waals surface area contributed by atoms with E-state index in [4.69, 9.17) is 5.73 Å². The first-order valence-corrected chi connectivity index (χ1v) is 9.94. The lowest BCUT2D eigenvalue weighted by molar-refractivity contribution is -0.148. The number of likely N-dealkylation sites (tertiary alicyclic amines) is 1. The van der Waals surface area contributed by atoms with Gasteiger partial charge in [-0.3, -0.25) is 9.59 Å². The monoisotopic (exact) mass is 444 g/mol. The third kappa shape index (κ3) is 5.87. The molecular weight excluding hydrogens is 417 g/mol. The summed E-state index contributed by atoms with van der Waals surface area (Å²) in [6, 6.07) is 3.37. The Morgan fingerprint density at radius 2 is 2.00 bits per heavy atom. The number of carboxylic acid groups (broad SMARTS) is 1. The predicted octanol–water partition coefficient (Wildman–Crippen LogP) is 2.15. The first-order chi connectivity index (χ1) is 14.4. The fourth-order valence-corrected chi connectivity index (χ4v) is 3.59. The van der Waals surface area contributed by atoms with Crippen LogP contribution in [0.25, 0.3) is 0 Å². The van der Waals surface area contributed by atoms with Gasteiger partial charge in [0.15, 0.2) is 6.17 Å². The second kappa shape index (κ2) is 9.54. The van der Waals surface area contributed by atoms with E-state index >= 15 is 0 Å². The molecule has 0 saturated carbocycles. The standard InChI is InChI=1S/C20H27F3N4O4/c1-3-9-19(2,18(30)31)26-16(28)14-8-5-10-27(14)17(29)15(24)25-13-7-4-6-12(11-13)20(21,22)23/h4,6-7,11,14-15,25H,3,5,8-10,24H2,1-2H3,(H,26,28)(H,30,31)/t14-,15+,19+/m0/s1. The lowest BCUT2D eigenvalue weighted by Crippen LogP contribution is -2.59. The van der Waals surface area contributed by atoms with Crippen molar-refractivity contribution in [3.05, 3.63) is 29.8 Å². The summed E-state index contributed by atoms with van der Waals surface area (Å²) in [4.78, 5) is 38.3. The van der Waals surface area contributed by atoms with Gasteiger partial charge in [-0.05, 0) is 44.4 Å². The smallest absolute Gasteiger partial charge is 0.416 e. The van der Waals surface area contributed by atoms with Crippen molar-refractivity contribution in [2.45, 2.75) is 63.5 Å². The fraction of sp³-hybridized carbons (Fsp3) is 0.550. The number of nitrogens with two attached hydrogens (primary N) is 1. The van der Waals surface area contributed by atoms with Crippen LogP contribution < -0.4 is 16.4 Å². The number of benzene rings is 1. The summed E-state index contributed by atoms with van der Waals surface area (Å²) in [7, 11) is 0. The van der Waals surface area contributed by atoms with Crippen LogP contribution in [0.2, 0.25) is 0 Å². The molecule has 1 heterocycles. The van der Waals surface area contributed by atoms with Crippen LogP contribution in [0.4, 0.5) is 18.9 Å². The first kappa shape index (κ1) is 24.4. The van der Waals surface area contributed by atoms with E-state index in [9.17, 15) is 32.7 Å². The SMILES string of the molecule is CCC[C@@](C)(NC(=O)[C@@H]1CCCN1C(=O)[C@H](N)Nc1cccc(C(F)(F)F)c1)C(=O)O. The van der Waals surface area contributed by atoms with Crippen molar-refractivity contribution in [1.82, 2.24) is 10.2 Å². The van der Waals surface area contributed by atoms with Gasteiger partial charge in [0.1, 0.15) is 11.6 Å². The van der Waals surface area contributed by atoms with Crippen molar-refractivity contribution < 1.29 is 32.7 Å². The van der Waals surface area contributed by atoms with Crippen molar-refractivity contribution in [3.63, 3.8) is 0 Å². The summed E-state index contributed by atoms with van der Waals surface area (Å²) < 4.78 is 38.6. The van der Waals surface area contributed by atoms with E-state index in [0.29, 0.717) is 19.3 Å². The van der Waals surface area contributed by atoms with Crippen LogP contribution in [-0.2, 0) is 20.6 Å². The number of hydrogen-bond donors (Lipinski definition) is 4. The van der Waals surface area contributed by atoms with Crippen LogP contribution in [-0.4, -0.2) is 52.1 Å². The molecule has 2 amide bonds. The Balaban J connectivity index is 2.10. The Bertz CT molecular complexity index is 833. The van der Waals surface area contributed by atoms with Gasteiger partial charge >= 0.3 is 12.1 Å². The minimum Gasteiger partial charge on any atom is -0.480 e. The van der Waals surface area contributed by atoms with E-state index in [1.165, 1.54) is 24.0 Å². The van der Waals surface area contributed by atoms with Gasteiger partial charge in [-0.1, -0.05) is 19.4 Å². The zero-order valence-electron chi connectivity index (χ0n) is 17.3. The lowest BCUT2D eigenvalue weighted by atomic mass is 9.95. The molecule has 31 heavy (non-hydrogen) atoms. The van der Waals surface area contributed by atoms with E-state index in [0.717, 1.165) is 12.1 Å². The van der Waals surface area contributed by atoms with Crippen LogP contribution >= 0.6 is 0 Å². The zero-order valence-corrected chi connectivity index (χ0v) is 17.3. The van der Waals surface area contributed by atoms with Gasteiger partial charge < -0.3 is 26.4 Å². The average Bonchev–Trinajstić information content (AvgIpc) is 3.17. The van der Waals surface area contributed by atoms with Gasteiger partial charge in [-0.25, -0.2) is 4.79 Å². The number of carboxylic acids is 1. The number of rotatable bonds is 8. The molecule has 172 valence electrons. The number of alkyl halides is 3. The second-order valence-corrected chi connectivity index (χ2v) is 7.77. The van der Waals surface area contributed by atoms with Crippen LogP contribution in [0.15, 0.2) is 24.3 Å². The number of carbonyl (C=O) groups excluding carboxylic acids is 2. The highest BCUT2D eigenvalue weighted by atomic mass is 19.4. The maximum absolute atomic E-state index is 12.9. The quantitative estimate of drug-likeness (QED) is 0.456. The van der Waals surface area contributed by atoms with Gasteiger partial charge in [0.25, 0.3) is 5.91 Å². The molecule has 5 N–H and O–H groups in total. The molecule has 1 aliphatic heterocycles. The van der Waals surface area contributed by atoms with Gasteiger partial charge in [-0.2, -0.15) is 13.2 Å². The molecule has 1 aromatic rings. The number of hydrogen-bond acceptors (Lipinski definition) is 5. The fourth-order valence-electron chi connectivity index (χ4n) is 3.59. The van der Waals surface area contributed by atoms with Crippen LogP contribution in [0, 0.1) is 0 Å². The highest BCUT2D eigenvalue weighted by Gasteiger charge is 2.41. The van der Waals surface area contributed by atoms with Crippen molar-refractivity contribution in [2.24, 2.45) is 5.73 Å². The zero-order chi connectivity index (χ0) is 23.4. The Morgan fingerprint density at radius 3 is 2.58 bits per heavy atom. The van der Waals surface area contributed by atoms with Gasteiger partial charge in [0.2, 0.25) is 5.91 Å². The van der Waals surface area contributed by atoms with Gasteiger partial charge in [0, 0.05) is 12.2 Å². The molecule has 1 aromatic carbocycles. The predicted molar refractivity (Wildman–Crippen MR) is 107 cm³/mol. The molecule has 1 fully saturated rings. The number of amides is 2. The maximum Gasteiger partial charge on any atom is 0.416 e. The summed E-state index contributed by atoms with van der Waals surface area (Å²) in [5.41, 5.74) is 3.52. The van der Waals surface area contributed by atoms with Crippen LogP contribution in [0.1, 0.15) is 45.1 Å². The number of nitrogens with zero attached hydrogens (tertiary/aromatic N) is 1. The van der Waals surface area contributed by atoms with Crippen molar-refractivity contribution in [2.75, 3.05) is 11.9 Å². The van der Waals surface area contributed by atoms with Crippen molar-refractivity contribution in [3.8, 4) is 0 Å². The molecule has 0 aromatic heterocycles. The summed E-state index contributed by atoms with van der Waals surface area (Å²) in [5, 5.41) is 14.5.